The molecule has 0 spiro atoms. The zero-order chi connectivity index (χ0) is 13.8. The minimum atomic E-state index is 0. The molecule has 1 aromatic carbocycles. The third-order valence-corrected chi connectivity index (χ3v) is 5.26. The molecule has 2 fully saturated rings. The van der Waals surface area contributed by atoms with Gasteiger partial charge >= 0.3 is 0 Å². The van der Waals surface area contributed by atoms with Gasteiger partial charge in [-0.1, -0.05) is 30.3 Å². The number of carbonyl (C=O) groups is 1. The topological polar surface area (TPSA) is 32.3 Å². The summed E-state index contributed by atoms with van der Waals surface area (Å²) in [7, 11) is 0. The fourth-order valence-corrected chi connectivity index (χ4v) is 4.20. The molecule has 3 rings (SSSR count). The lowest BCUT2D eigenvalue weighted by Crippen LogP contribution is -2.47. The average molecular weight is 327 g/mol. The molecule has 2 unspecified atom stereocenters. The lowest BCUT2D eigenvalue weighted by atomic mass is 9.96. The summed E-state index contributed by atoms with van der Waals surface area (Å²) < 4.78 is 0. The number of rotatable bonds is 2. The molecule has 2 aliphatic heterocycles. The van der Waals surface area contributed by atoms with E-state index in [4.69, 9.17) is 0 Å². The number of thioether (sulfide) groups is 1. The highest BCUT2D eigenvalue weighted by Gasteiger charge is 2.32. The first kappa shape index (κ1) is 16.7. The van der Waals surface area contributed by atoms with Gasteiger partial charge < -0.3 is 10.2 Å². The molecular weight excluding hydrogens is 304 g/mol. The Morgan fingerprint density at radius 2 is 2.10 bits per heavy atom. The summed E-state index contributed by atoms with van der Waals surface area (Å²) in [5.74, 6) is 2.62. The number of benzene rings is 1. The Kier molecular flexibility index (Phi) is 6.40. The van der Waals surface area contributed by atoms with E-state index in [0.29, 0.717) is 5.91 Å². The smallest absolute Gasteiger partial charge is 0.227 e. The molecular formula is C16H23ClN2OS. The van der Waals surface area contributed by atoms with Gasteiger partial charge in [-0.05, 0) is 24.9 Å². The molecule has 2 aliphatic rings. The van der Waals surface area contributed by atoms with E-state index in [1.807, 2.05) is 17.8 Å². The Bertz CT molecular complexity index is 451. The predicted octanol–water partition coefficient (Wildman–Crippen LogP) is 2.72. The molecule has 3 nitrogen and oxygen atoms in total. The standard InChI is InChI=1S/C16H22N2OS.ClH/c19-16(14-7-4-8-17-11-14)18-9-10-20-12-15(18)13-5-2-1-3-6-13;/h1-3,5-6,14-15,17H,4,7-12H2;1H. The van der Waals surface area contributed by atoms with Crippen LogP contribution in [0.2, 0.25) is 0 Å². The first-order valence-corrected chi connectivity index (χ1v) is 8.65. The Morgan fingerprint density at radius 3 is 2.81 bits per heavy atom. The van der Waals surface area contributed by atoms with E-state index in [9.17, 15) is 4.79 Å². The molecule has 116 valence electrons. The molecule has 0 aromatic heterocycles. The van der Waals surface area contributed by atoms with Crippen molar-refractivity contribution in [3.8, 4) is 0 Å². The Labute approximate surface area is 137 Å². The second kappa shape index (κ2) is 8.06. The third kappa shape index (κ3) is 3.93. The van der Waals surface area contributed by atoms with Crippen LogP contribution in [0.5, 0.6) is 0 Å². The number of amides is 1. The molecule has 0 bridgehead atoms. The molecule has 2 heterocycles. The summed E-state index contributed by atoms with van der Waals surface area (Å²) in [5.41, 5.74) is 1.27. The first-order chi connectivity index (χ1) is 9.86. The maximum Gasteiger partial charge on any atom is 0.227 e. The van der Waals surface area contributed by atoms with Crippen molar-refractivity contribution in [3.63, 3.8) is 0 Å². The predicted molar refractivity (Wildman–Crippen MR) is 91.1 cm³/mol. The van der Waals surface area contributed by atoms with Gasteiger partial charge in [0, 0.05) is 24.6 Å². The molecule has 1 aromatic rings. The lowest BCUT2D eigenvalue weighted by molar-refractivity contribution is -0.138. The number of halogens is 1. The number of nitrogens with one attached hydrogen (secondary N) is 1. The second-order valence-electron chi connectivity index (χ2n) is 5.58. The van der Waals surface area contributed by atoms with Crippen LogP contribution in [0.25, 0.3) is 0 Å². The third-order valence-electron chi connectivity index (χ3n) is 4.24. The van der Waals surface area contributed by atoms with E-state index in [0.717, 1.165) is 44.0 Å². The zero-order valence-corrected chi connectivity index (χ0v) is 13.8. The normalized spacial score (nSPS) is 26.0. The molecule has 0 aliphatic carbocycles. The van der Waals surface area contributed by atoms with Gasteiger partial charge in [0.25, 0.3) is 0 Å². The van der Waals surface area contributed by atoms with Crippen LogP contribution in [0.15, 0.2) is 30.3 Å². The van der Waals surface area contributed by atoms with Gasteiger partial charge in [-0.2, -0.15) is 11.8 Å². The minimum absolute atomic E-state index is 0. The summed E-state index contributed by atoms with van der Waals surface area (Å²) in [6, 6.07) is 10.7. The highest BCUT2D eigenvalue weighted by molar-refractivity contribution is 7.99. The van der Waals surface area contributed by atoms with Crippen LogP contribution in [0.3, 0.4) is 0 Å². The van der Waals surface area contributed by atoms with Crippen molar-refractivity contribution in [3.05, 3.63) is 35.9 Å². The SMILES string of the molecule is Cl.O=C(C1CCCNC1)N1CCSCC1c1ccccc1. The largest absolute Gasteiger partial charge is 0.334 e. The monoisotopic (exact) mass is 326 g/mol. The van der Waals surface area contributed by atoms with Crippen LogP contribution in [-0.4, -0.2) is 41.9 Å². The summed E-state index contributed by atoms with van der Waals surface area (Å²) in [4.78, 5) is 14.9. The molecule has 21 heavy (non-hydrogen) atoms. The van der Waals surface area contributed by atoms with Gasteiger partial charge in [-0.25, -0.2) is 0 Å². The van der Waals surface area contributed by atoms with E-state index in [-0.39, 0.29) is 24.4 Å². The fraction of sp³-hybridized carbons (Fsp3) is 0.562. The van der Waals surface area contributed by atoms with Crippen LogP contribution in [0, 0.1) is 5.92 Å². The van der Waals surface area contributed by atoms with Crippen LogP contribution >= 0.6 is 24.2 Å². The average Bonchev–Trinajstić information content (AvgIpc) is 2.56. The molecule has 2 saturated heterocycles. The van der Waals surface area contributed by atoms with Crippen LogP contribution < -0.4 is 5.32 Å². The molecule has 2 atom stereocenters. The first-order valence-electron chi connectivity index (χ1n) is 7.50. The van der Waals surface area contributed by atoms with Gasteiger partial charge in [-0.15, -0.1) is 12.4 Å². The zero-order valence-electron chi connectivity index (χ0n) is 12.2. The van der Waals surface area contributed by atoms with Crippen molar-refractivity contribution >= 4 is 30.1 Å². The molecule has 5 heteroatoms. The molecule has 0 saturated carbocycles. The van der Waals surface area contributed by atoms with Crippen LogP contribution in [0.4, 0.5) is 0 Å². The van der Waals surface area contributed by atoms with Crippen molar-refractivity contribution in [1.29, 1.82) is 0 Å². The number of piperidine rings is 1. The van der Waals surface area contributed by atoms with Crippen molar-refractivity contribution in [2.75, 3.05) is 31.1 Å². The second-order valence-corrected chi connectivity index (χ2v) is 6.73. The number of nitrogens with zero attached hydrogens (tertiary/aromatic N) is 1. The van der Waals surface area contributed by atoms with Gasteiger partial charge in [0.1, 0.15) is 0 Å². The lowest BCUT2D eigenvalue weighted by Gasteiger charge is -2.38. The number of hydrogen-bond donors (Lipinski definition) is 1. The minimum Gasteiger partial charge on any atom is -0.334 e. The van der Waals surface area contributed by atoms with E-state index < -0.39 is 0 Å². The summed E-state index contributed by atoms with van der Waals surface area (Å²) in [5, 5.41) is 3.36. The summed E-state index contributed by atoms with van der Waals surface area (Å²) in [6.07, 6.45) is 2.16. The van der Waals surface area contributed by atoms with Gasteiger partial charge in [0.15, 0.2) is 0 Å². The maximum absolute atomic E-state index is 12.8. The number of hydrogen-bond acceptors (Lipinski definition) is 3. The highest BCUT2D eigenvalue weighted by atomic mass is 35.5. The van der Waals surface area contributed by atoms with Crippen LogP contribution in [0.1, 0.15) is 24.4 Å². The van der Waals surface area contributed by atoms with Gasteiger partial charge in [-0.3, -0.25) is 4.79 Å². The van der Waals surface area contributed by atoms with E-state index in [1.54, 1.807) is 0 Å². The van der Waals surface area contributed by atoms with E-state index >= 15 is 0 Å². The van der Waals surface area contributed by atoms with Crippen molar-refractivity contribution in [2.24, 2.45) is 5.92 Å². The fourth-order valence-electron chi connectivity index (χ4n) is 3.12. The quantitative estimate of drug-likeness (QED) is 0.907. The Morgan fingerprint density at radius 1 is 1.29 bits per heavy atom. The van der Waals surface area contributed by atoms with E-state index in [1.165, 1.54) is 5.56 Å². The van der Waals surface area contributed by atoms with E-state index in [2.05, 4.69) is 34.5 Å². The number of carbonyl (C=O) groups excluding carboxylic acids is 1. The Hall–Kier alpha value is -0.710. The summed E-state index contributed by atoms with van der Waals surface area (Å²) in [6.45, 7) is 2.80. The van der Waals surface area contributed by atoms with Crippen molar-refractivity contribution in [2.45, 2.75) is 18.9 Å². The molecule has 1 amide bonds. The maximum atomic E-state index is 12.8. The van der Waals surface area contributed by atoms with Crippen molar-refractivity contribution in [1.82, 2.24) is 10.2 Å². The van der Waals surface area contributed by atoms with Gasteiger partial charge in [0.05, 0.1) is 12.0 Å². The molecule has 1 N–H and O–H groups in total. The Balaban J connectivity index is 0.00000161. The van der Waals surface area contributed by atoms with Crippen molar-refractivity contribution < 1.29 is 4.79 Å². The molecule has 0 radical (unpaired) electrons. The van der Waals surface area contributed by atoms with Gasteiger partial charge in [0.2, 0.25) is 5.91 Å². The summed E-state index contributed by atoms with van der Waals surface area (Å²) >= 11 is 1.96. The van der Waals surface area contributed by atoms with Crippen LogP contribution in [-0.2, 0) is 4.79 Å². The highest BCUT2D eigenvalue weighted by Crippen LogP contribution is 2.31.